The van der Waals surface area contributed by atoms with Crippen LogP contribution in [0.5, 0.6) is 0 Å². The standard InChI is InChI=1S/C17H28N2/c1-5-15-10-19(7-6-17(15)18)11-16-13(3)8-12(2)9-14(16)4/h8-9,15,17H,5-7,10-11,18H2,1-4H3. The Morgan fingerprint density at radius 2 is 1.84 bits per heavy atom. The Balaban J connectivity index is 2.09. The van der Waals surface area contributed by atoms with Gasteiger partial charge in [-0.2, -0.15) is 0 Å². The van der Waals surface area contributed by atoms with Crippen LogP contribution >= 0.6 is 0 Å². The summed E-state index contributed by atoms with van der Waals surface area (Å²) in [5.41, 5.74) is 11.9. The summed E-state index contributed by atoms with van der Waals surface area (Å²) in [4.78, 5) is 2.59. The Morgan fingerprint density at radius 1 is 1.21 bits per heavy atom. The molecule has 2 atom stereocenters. The summed E-state index contributed by atoms with van der Waals surface area (Å²) in [5.74, 6) is 0.666. The zero-order valence-corrected chi connectivity index (χ0v) is 12.9. The number of nitrogens with zero attached hydrogens (tertiary/aromatic N) is 1. The molecule has 1 saturated heterocycles. The summed E-state index contributed by atoms with van der Waals surface area (Å²) in [6, 6.07) is 5.01. The van der Waals surface area contributed by atoms with E-state index in [9.17, 15) is 0 Å². The van der Waals surface area contributed by atoms with Crippen LogP contribution in [0.4, 0.5) is 0 Å². The third-order valence-electron chi connectivity index (χ3n) is 4.62. The van der Waals surface area contributed by atoms with Crippen molar-refractivity contribution in [3.8, 4) is 0 Å². The molecule has 0 amide bonds. The number of aryl methyl sites for hydroxylation is 3. The van der Waals surface area contributed by atoms with E-state index in [2.05, 4.69) is 44.7 Å². The first-order valence-corrected chi connectivity index (χ1v) is 7.56. The van der Waals surface area contributed by atoms with Gasteiger partial charge in [0.25, 0.3) is 0 Å². The van der Waals surface area contributed by atoms with Crippen LogP contribution in [0, 0.1) is 26.7 Å². The minimum absolute atomic E-state index is 0.404. The van der Waals surface area contributed by atoms with Gasteiger partial charge in [0.2, 0.25) is 0 Å². The third kappa shape index (κ3) is 3.37. The minimum atomic E-state index is 0.404. The second-order valence-corrected chi connectivity index (χ2v) is 6.23. The van der Waals surface area contributed by atoms with Crippen molar-refractivity contribution in [3.05, 3.63) is 34.4 Å². The molecular formula is C17H28N2. The van der Waals surface area contributed by atoms with Crippen molar-refractivity contribution in [3.63, 3.8) is 0 Å². The molecule has 0 aliphatic carbocycles. The lowest BCUT2D eigenvalue weighted by Gasteiger charge is -2.37. The van der Waals surface area contributed by atoms with Crippen LogP contribution in [0.15, 0.2) is 12.1 Å². The first-order chi connectivity index (χ1) is 9.01. The molecule has 2 rings (SSSR count). The van der Waals surface area contributed by atoms with Crippen molar-refractivity contribution in [2.45, 2.75) is 53.1 Å². The van der Waals surface area contributed by atoms with Crippen LogP contribution in [0.25, 0.3) is 0 Å². The fourth-order valence-corrected chi connectivity index (χ4v) is 3.38. The predicted octanol–water partition coefficient (Wildman–Crippen LogP) is 3.17. The zero-order chi connectivity index (χ0) is 14.0. The second-order valence-electron chi connectivity index (χ2n) is 6.23. The highest BCUT2D eigenvalue weighted by molar-refractivity contribution is 5.37. The van der Waals surface area contributed by atoms with Gasteiger partial charge in [0.05, 0.1) is 0 Å². The topological polar surface area (TPSA) is 29.3 Å². The van der Waals surface area contributed by atoms with Crippen LogP contribution < -0.4 is 5.73 Å². The summed E-state index contributed by atoms with van der Waals surface area (Å²) in [7, 11) is 0. The van der Waals surface area contributed by atoms with E-state index in [-0.39, 0.29) is 0 Å². The van der Waals surface area contributed by atoms with E-state index in [1.807, 2.05) is 0 Å². The maximum Gasteiger partial charge on any atom is 0.0239 e. The molecule has 0 saturated carbocycles. The van der Waals surface area contributed by atoms with Crippen LogP contribution in [-0.2, 0) is 6.54 Å². The van der Waals surface area contributed by atoms with Gasteiger partial charge in [-0.15, -0.1) is 0 Å². The highest BCUT2D eigenvalue weighted by atomic mass is 15.1. The smallest absolute Gasteiger partial charge is 0.0239 e. The molecule has 0 aromatic heterocycles. The van der Waals surface area contributed by atoms with Gasteiger partial charge in [0.1, 0.15) is 0 Å². The maximum absolute atomic E-state index is 6.20. The summed E-state index contributed by atoms with van der Waals surface area (Å²) in [6.07, 6.45) is 2.34. The van der Waals surface area contributed by atoms with E-state index in [0.717, 1.165) is 26.1 Å². The zero-order valence-electron chi connectivity index (χ0n) is 12.9. The van der Waals surface area contributed by atoms with Gasteiger partial charge in [0.15, 0.2) is 0 Å². The lowest BCUT2D eigenvalue weighted by Crippen LogP contribution is -2.46. The molecule has 19 heavy (non-hydrogen) atoms. The first-order valence-electron chi connectivity index (χ1n) is 7.56. The lowest BCUT2D eigenvalue weighted by molar-refractivity contribution is 0.145. The number of hydrogen-bond acceptors (Lipinski definition) is 2. The highest BCUT2D eigenvalue weighted by Crippen LogP contribution is 2.23. The molecule has 1 aliphatic rings. The molecule has 0 radical (unpaired) electrons. The SMILES string of the molecule is CCC1CN(Cc2c(C)cc(C)cc2C)CCC1N. The monoisotopic (exact) mass is 260 g/mol. The summed E-state index contributed by atoms with van der Waals surface area (Å²) in [6.45, 7) is 12.3. The molecule has 2 nitrogen and oxygen atoms in total. The van der Waals surface area contributed by atoms with E-state index in [1.165, 1.54) is 28.7 Å². The molecular weight excluding hydrogens is 232 g/mol. The molecule has 2 heteroatoms. The van der Waals surface area contributed by atoms with E-state index >= 15 is 0 Å². The number of likely N-dealkylation sites (tertiary alicyclic amines) is 1. The largest absolute Gasteiger partial charge is 0.327 e. The number of piperidine rings is 1. The van der Waals surface area contributed by atoms with E-state index < -0.39 is 0 Å². The summed E-state index contributed by atoms with van der Waals surface area (Å²) < 4.78 is 0. The van der Waals surface area contributed by atoms with Gasteiger partial charge in [-0.25, -0.2) is 0 Å². The van der Waals surface area contributed by atoms with E-state index in [4.69, 9.17) is 5.73 Å². The highest BCUT2D eigenvalue weighted by Gasteiger charge is 2.25. The molecule has 2 N–H and O–H groups in total. The first kappa shape index (κ1) is 14.5. The predicted molar refractivity (Wildman–Crippen MR) is 82.3 cm³/mol. The molecule has 1 heterocycles. The fourth-order valence-electron chi connectivity index (χ4n) is 3.38. The summed E-state index contributed by atoms with van der Waals surface area (Å²) >= 11 is 0. The van der Waals surface area contributed by atoms with Gasteiger partial charge in [0, 0.05) is 19.1 Å². The number of hydrogen-bond donors (Lipinski definition) is 1. The van der Waals surface area contributed by atoms with E-state index in [0.29, 0.717) is 12.0 Å². The maximum atomic E-state index is 6.20. The van der Waals surface area contributed by atoms with Crippen molar-refractivity contribution in [2.75, 3.05) is 13.1 Å². The average Bonchev–Trinajstić information content (AvgIpc) is 2.35. The molecule has 0 bridgehead atoms. The number of rotatable bonds is 3. The molecule has 1 aromatic rings. The fraction of sp³-hybridized carbons (Fsp3) is 0.647. The Kier molecular flexibility index (Phi) is 4.64. The van der Waals surface area contributed by atoms with Gasteiger partial charge < -0.3 is 5.73 Å². The second kappa shape index (κ2) is 6.06. The Labute approximate surface area is 118 Å². The summed E-state index contributed by atoms with van der Waals surface area (Å²) in [5, 5.41) is 0. The molecule has 1 fully saturated rings. The number of nitrogens with two attached hydrogens (primary N) is 1. The lowest BCUT2D eigenvalue weighted by atomic mass is 9.90. The Hall–Kier alpha value is -0.860. The average molecular weight is 260 g/mol. The van der Waals surface area contributed by atoms with Gasteiger partial charge >= 0.3 is 0 Å². The van der Waals surface area contributed by atoms with E-state index in [1.54, 1.807) is 0 Å². The van der Waals surface area contributed by atoms with Crippen molar-refractivity contribution >= 4 is 0 Å². The quantitative estimate of drug-likeness (QED) is 0.904. The van der Waals surface area contributed by atoms with Crippen molar-refractivity contribution < 1.29 is 0 Å². The normalized spacial score (nSPS) is 24.7. The molecule has 1 aliphatic heterocycles. The molecule has 2 unspecified atom stereocenters. The molecule has 1 aromatic carbocycles. The van der Waals surface area contributed by atoms with Crippen molar-refractivity contribution in [1.29, 1.82) is 0 Å². The van der Waals surface area contributed by atoms with Crippen molar-refractivity contribution in [2.24, 2.45) is 11.7 Å². The van der Waals surface area contributed by atoms with Gasteiger partial charge in [-0.1, -0.05) is 31.0 Å². The Bertz CT molecular complexity index is 416. The van der Waals surface area contributed by atoms with Crippen LogP contribution in [0.3, 0.4) is 0 Å². The van der Waals surface area contributed by atoms with Gasteiger partial charge in [-0.05, 0) is 56.3 Å². The minimum Gasteiger partial charge on any atom is -0.327 e. The Morgan fingerprint density at radius 3 is 2.42 bits per heavy atom. The van der Waals surface area contributed by atoms with Crippen molar-refractivity contribution in [1.82, 2.24) is 4.90 Å². The van der Waals surface area contributed by atoms with Gasteiger partial charge in [-0.3, -0.25) is 4.90 Å². The third-order valence-corrected chi connectivity index (χ3v) is 4.62. The molecule has 106 valence electrons. The van der Waals surface area contributed by atoms with Crippen LogP contribution in [0.2, 0.25) is 0 Å². The van der Waals surface area contributed by atoms with Crippen LogP contribution in [-0.4, -0.2) is 24.0 Å². The molecule has 0 spiro atoms. The number of benzene rings is 1. The van der Waals surface area contributed by atoms with Crippen LogP contribution in [0.1, 0.15) is 42.0 Å².